The summed E-state index contributed by atoms with van der Waals surface area (Å²) in [5.41, 5.74) is 1.06. The van der Waals surface area contributed by atoms with Gasteiger partial charge in [0.15, 0.2) is 0 Å². The quantitative estimate of drug-likeness (QED) is 0.498. The van der Waals surface area contributed by atoms with Crippen molar-refractivity contribution in [1.29, 1.82) is 0 Å². The minimum absolute atomic E-state index is 0.0106. The normalized spacial score (nSPS) is 16.8. The van der Waals surface area contributed by atoms with Crippen LogP contribution < -0.4 is 11.0 Å². The molecule has 0 fully saturated rings. The average molecular weight is 139 g/mol. The van der Waals surface area contributed by atoms with Crippen molar-refractivity contribution in [2.24, 2.45) is 0 Å². The van der Waals surface area contributed by atoms with E-state index in [2.05, 4.69) is 10.3 Å². The predicted molar refractivity (Wildman–Crippen MR) is 36.8 cm³/mol. The molecule has 0 bridgehead atoms. The van der Waals surface area contributed by atoms with Crippen molar-refractivity contribution in [3.05, 3.63) is 22.4 Å². The summed E-state index contributed by atoms with van der Waals surface area (Å²) >= 11 is 0. The highest BCUT2D eigenvalue weighted by atomic mass is 16.1. The second-order valence-electron chi connectivity index (χ2n) is 2.41. The summed E-state index contributed by atoms with van der Waals surface area (Å²) in [4.78, 5) is 13.6. The fraction of sp³-hybridized carbons (Fsp3) is 0.500. The highest BCUT2D eigenvalue weighted by Gasteiger charge is 2.08. The van der Waals surface area contributed by atoms with Gasteiger partial charge in [0.2, 0.25) is 0 Å². The molecule has 0 aromatic carbocycles. The first-order chi connectivity index (χ1) is 4.88. The Morgan fingerprint density at radius 1 is 1.60 bits per heavy atom. The first kappa shape index (κ1) is 5.73. The number of hydrogen-bond acceptors (Lipinski definition) is 2. The summed E-state index contributed by atoms with van der Waals surface area (Å²) in [5.74, 6) is 0. The number of hydrogen-bond donors (Lipinski definition) is 2. The molecule has 0 amide bonds. The van der Waals surface area contributed by atoms with Crippen LogP contribution in [0, 0.1) is 0 Å². The maximum atomic E-state index is 10.9. The van der Waals surface area contributed by atoms with Crippen molar-refractivity contribution in [2.75, 3.05) is 6.54 Å². The Morgan fingerprint density at radius 3 is 3.30 bits per heavy atom. The number of rotatable bonds is 0. The molecule has 0 radical (unpaired) electrons. The molecule has 2 heterocycles. The van der Waals surface area contributed by atoms with Crippen LogP contribution in [0.4, 0.5) is 0 Å². The first-order valence-electron chi connectivity index (χ1n) is 3.36. The molecular weight excluding hydrogens is 130 g/mol. The van der Waals surface area contributed by atoms with Crippen LogP contribution in [0.1, 0.15) is 5.69 Å². The van der Waals surface area contributed by atoms with Crippen LogP contribution >= 0.6 is 0 Å². The number of aromatic nitrogens is 2. The topological polar surface area (TPSA) is 49.8 Å². The minimum atomic E-state index is 0.0106. The van der Waals surface area contributed by atoms with Gasteiger partial charge in [0.25, 0.3) is 0 Å². The van der Waals surface area contributed by atoms with E-state index in [9.17, 15) is 4.79 Å². The molecule has 0 atom stereocenters. The second-order valence-corrected chi connectivity index (χ2v) is 2.41. The molecule has 0 saturated carbocycles. The van der Waals surface area contributed by atoms with Gasteiger partial charge in [0.1, 0.15) is 0 Å². The van der Waals surface area contributed by atoms with E-state index in [-0.39, 0.29) is 5.69 Å². The van der Waals surface area contributed by atoms with Gasteiger partial charge < -0.3 is 10.3 Å². The van der Waals surface area contributed by atoms with E-state index >= 15 is 0 Å². The van der Waals surface area contributed by atoms with Crippen LogP contribution in [0.2, 0.25) is 0 Å². The zero-order valence-electron chi connectivity index (χ0n) is 5.55. The average Bonchev–Trinajstić information content (AvgIpc) is 2.34. The SMILES string of the molecule is O=c1[nH]cc2n1CCNC2. The van der Waals surface area contributed by atoms with Gasteiger partial charge in [0.05, 0.1) is 5.69 Å². The molecule has 1 aliphatic heterocycles. The molecule has 1 aliphatic rings. The molecule has 0 saturated heterocycles. The lowest BCUT2D eigenvalue weighted by atomic mass is 10.4. The van der Waals surface area contributed by atoms with Gasteiger partial charge in [-0.3, -0.25) is 4.57 Å². The van der Waals surface area contributed by atoms with Gasteiger partial charge in [0, 0.05) is 25.8 Å². The third kappa shape index (κ3) is 0.690. The number of H-pyrrole nitrogens is 1. The molecule has 2 N–H and O–H groups in total. The van der Waals surface area contributed by atoms with Gasteiger partial charge in [-0.05, 0) is 0 Å². The Balaban J connectivity index is 2.55. The first-order valence-corrected chi connectivity index (χ1v) is 3.36. The summed E-state index contributed by atoms with van der Waals surface area (Å²) in [6, 6.07) is 0. The van der Waals surface area contributed by atoms with Crippen LogP contribution in [-0.4, -0.2) is 16.1 Å². The minimum Gasteiger partial charge on any atom is -0.312 e. The molecule has 4 heteroatoms. The maximum absolute atomic E-state index is 10.9. The molecule has 0 unspecified atom stereocenters. The molecule has 54 valence electrons. The van der Waals surface area contributed by atoms with Gasteiger partial charge in [-0.15, -0.1) is 0 Å². The molecule has 0 aliphatic carbocycles. The number of imidazole rings is 1. The Labute approximate surface area is 57.9 Å². The number of fused-ring (bicyclic) bond motifs is 1. The zero-order chi connectivity index (χ0) is 6.97. The van der Waals surface area contributed by atoms with E-state index in [1.54, 1.807) is 10.8 Å². The van der Waals surface area contributed by atoms with Crippen molar-refractivity contribution in [3.8, 4) is 0 Å². The van der Waals surface area contributed by atoms with E-state index < -0.39 is 0 Å². The summed E-state index contributed by atoms with van der Waals surface area (Å²) in [5, 5.41) is 3.17. The fourth-order valence-corrected chi connectivity index (χ4v) is 1.23. The molecular formula is C6H9N3O. The lowest BCUT2D eigenvalue weighted by Crippen LogP contribution is -2.32. The summed E-state index contributed by atoms with van der Waals surface area (Å²) in [7, 11) is 0. The van der Waals surface area contributed by atoms with Crippen LogP contribution in [0.15, 0.2) is 11.0 Å². The number of nitrogens with one attached hydrogen (secondary N) is 2. The largest absolute Gasteiger partial charge is 0.325 e. The lowest BCUT2D eigenvalue weighted by molar-refractivity contribution is 0.506. The van der Waals surface area contributed by atoms with E-state index in [0.29, 0.717) is 0 Å². The Kier molecular flexibility index (Phi) is 1.14. The van der Waals surface area contributed by atoms with Gasteiger partial charge in [-0.1, -0.05) is 0 Å². The number of nitrogens with zero attached hydrogens (tertiary/aromatic N) is 1. The Hall–Kier alpha value is -1.03. The fourth-order valence-electron chi connectivity index (χ4n) is 1.23. The van der Waals surface area contributed by atoms with Crippen LogP contribution in [0.25, 0.3) is 0 Å². The smallest absolute Gasteiger partial charge is 0.312 e. The van der Waals surface area contributed by atoms with Crippen LogP contribution in [0.3, 0.4) is 0 Å². The lowest BCUT2D eigenvalue weighted by Gasteiger charge is -2.13. The van der Waals surface area contributed by atoms with Gasteiger partial charge in [-0.2, -0.15) is 0 Å². The summed E-state index contributed by atoms with van der Waals surface area (Å²) < 4.78 is 1.76. The van der Waals surface area contributed by atoms with Crippen LogP contribution in [0.5, 0.6) is 0 Å². The second kappa shape index (κ2) is 1.98. The van der Waals surface area contributed by atoms with E-state index in [1.807, 2.05) is 0 Å². The van der Waals surface area contributed by atoms with Gasteiger partial charge in [-0.25, -0.2) is 4.79 Å². The summed E-state index contributed by atoms with van der Waals surface area (Å²) in [6.45, 7) is 2.49. The Morgan fingerprint density at radius 2 is 2.50 bits per heavy atom. The predicted octanol–water partition coefficient (Wildman–Crippen LogP) is -0.720. The van der Waals surface area contributed by atoms with Gasteiger partial charge >= 0.3 is 5.69 Å². The summed E-state index contributed by atoms with van der Waals surface area (Å²) in [6.07, 6.45) is 1.76. The highest BCUT2D eigenvalue weighted by Crippen LogP contribution is 1.97. The monoisotopic (exact) mass is 139 g/mol. The molecule has 1 aromatic heterocycles. The van der Waals surface area contributed by atoms with Crippen LogP contribution in [-0.2, 0) is 13.1 Å². The molecule has 0 spiro atoms. The van der Waals surface area contributed by atoms with E-state index in [0.717, 1.165) is 25.3 Å². The third-order valence-electron chi connectivity index (χ3n) is 1.77. The standard InChI is InChI=1S/C6H9N3O/c10-6-8-4-5-3-7-1-2-9(5)6/h4,7H,1-3H2,(H,8,10). The Bertz CT molecular complexity index is 285. The maximum Gasteiger partial charge on any atom is 0.325 e. The van der Waals surface area contributed by atoms with Crippen molar-refractivity contribution in [1.82, 2.24) is 14.9 Å². The molecule has 2 rings (SSSR count). The molecule has 4 nitrogen and oxygen atoms in total. The van der Waals surface area contributed by atoms with Crippen molar-refractivity contribution in [2.45, 2.75) is 13.1 Å². The van der Waals surface area contributed by atoms with E-state index in [4.69, 9.17) is 0 Å². The van der Waals surface area contributed by atoms with Crippen molar-refractivity contribution >= 4 is 0 Å². The van der Waals surface area contributed by atoms with E-state index in [1.165, 1.54) is 0 Å². The van der Waals surface area contributed by atoms with Crippen molar-refractivity contribution in [3.63, 3.8) is 0 Å². The zero-order valence-corrected chi connectivity index (χ0v) is 5.55. The highest BCUT2D eigenvalue weighted by molar-refractivity contribution is 5.00. The molecule has 1 aromatic rings. The third-order valence-corrected chi connectivity index (χ3v) is 1.77. The number of aromatic amines is 1. The van der Waals surface area contributed by atoms with Crippen molar-refractivity contribution < 1.29 is 0 Å². The molecule has 10 heavy (non-hydrogen) atoms.